The smallest absolute Gasteiger partial charge is 0.265 e. The molecule has 0 radical (unpaired) electrons. The van der Waals surface area contributed by atoms with Gasteiger partial charge >= 0.3 is 0 Å². The molecule has 10 heteroatoms. The summed E-state index contributed by atoms with van der Waals surface area (Å²) in [5, 5.41) is 0. The number of benzene rings is 2. The van der Waals surface area contributed by atoms with Crippen LogP contribution in [0.1, 0.15) is 13.3 Å². The zero-order chi connectivity index (χ0) is 22.9. The van der Waals surface area contributed by atoms with E-state index in [-0.39, 0.29) is 42.9 Å². The van der Waals surface area contributed by atoms with E-state index in [2.05, 4.69) is 0 Å². The number of fused-ring (bicyclic) bond motifs is 1. The highest BCUT2D eigenvalue weighted by atomic mass is 32.2. The molecule has 0 aromatic heterocycles. The highest BCUT2D eigenvalue weighted by molar-refractivity contribution is 7.89. The van der Waals surface area contributed by atoms with Crippen LogP contribution in [-0.4, -0.2) is 68.3 Å². The quantitative estimate of drug-likeness (QED) is 0.697. The Balaban J connectivity index is 1.47. The minimum absolute atomic E-state index is 0.0167. The normalized spacial score (nSPS) is 19.6. The van der Waals surface area contributed by atoms with E-state index in [9.17, 15) is 22.4 Å². The molecule has 0 unspecified atom stereocenters. The standard InChI is InChI=1S/C22H24FN3O5S/c1-16(27)26-15-21(31-20-6-3-2-5-19(20)26)22(28)24-11-4-12-25(14-13-24)32(29,30)18-9-7-17(23)8-10-18/h2-3,5-10,21H,4,11-15H2,1H3/t21-/m0/s1. The van der Waals surface area contributed by atoms with Crippen LogP contribution in [0.5, 0.6) is 5.75 Å². The number of ether oxygens (including phenoxy) is 1. The fraction of sp³-hybridized carbons (Fsp3) is 0.364. The van der Waals surface area contributed by atoms with E-state index in [1.54, 1.807) is 29.2 Å². The van der Waals surface area contributed by atoms with E-state index < -0.39 is 21.9 Å². The number of carbonyl (C=O) groups excluding carboxylic acids is 2. The summed E-state index contributed by atoms with van der Waals surface area (Å²) in [4.78, 5) is 28.4. The van der Waals surface area contributed by atoms with Gasteiger partial charge in [0.1, 0.15) is 11.6 Å². The zero-order valence-corrected chi connectivity index (χ0v) is 18.4. The van der Waals surface area contributed by atoms with Gasteiger partial charge in [-0.05, 0) is 42.8 Å². The summed E-state index contributed by atoms with van der Waals surface area (Å²) < 4.78 is 46.2. The van der Waals surface area contributed by atoms with Crippen molar-refractivity contribution in [3.8, 4) is 5.75 Å². The Morgan fingerprint density at radius 2 is 1.72 bits per heavy atom. The number of amides is 2. The van der Waals surface area contributed by atoms with Gasteiger partial charge in [-0.2, -0.15) is 4.31 Å². The molecule has 0 aliphatic carbocycles. The van der Waals surface area contributed by atoms with Crippen molar-refractivity contribution in [3.63, 3.8) is 0 Å². The second-order valence-corrected chi connectivity index (χ2v) is 9.68. The summed E-state index contributed by atoms with van der Waals surface area (Å²) in [7, 11) is -3.79. The summed E-state index contributed by atoms with van der Waals surface area (Å²) >= 11 is 0. The molecule has 0 bridgehead atoms. The highest BCUT2D eigenvalue weighted by Gasteiger charge is 2.36. The number of halogens is 1. The monoisotopic (exact) mass is 461 g/mol. The summed E-state index contributed by atoms with van der Waals surface area (Å²) in [6.45, 7) is 2.46. The summed E-state index contributed by atoms with van der Waals surface area (Å²) in [6.07, 6.45) is -0.416. The zero-order valence-electron chi connectivity index (χ0n) is 17.6. The second kappa shape index (κ2) is 8.87. The molecule has 1 saturated heterocycles. The number of rotatable bonds is 3. The lowest BCUT2D eigenvalue weighted by Crippen LogP contribution is -2.52. The molecule has 2 heterocycles. The number of hydrogen-bond acceptors (Lipinski definition) is 5. The number of hydrogen-bond donors (Lipinski definition) is 0. The molecule has 2 aromatic rings. The predicted octanol–water partition coefficient (Wildman–Crippen LogP) is 1.86. The second-order valence-electron chi connectivity index (χ2n) is 7.74. The van der Waals surface area contributed by atoms with Crippen LogP contribution < -0.4 is 9.64 Å². The lowest BCUT2D eigenvalue weighted by Gasteiger charge is -2.35. The van der Waals surface area contributed by atoms with Gasteiger partial charge in [-0.25, -0.2) is 12.8 Å². The van der Waals surface area contributed by atoms with Gasteiger partial charge < -0.3 is 14.5 Å². The first-order chi connectivity index (χ1) is 15.3. The number of sulfonamides is 1. The maximum atomic E-state index is 13.2. The van der Waals surface area contributed by atoms with Crippen molar-refractivity contribution in [1.29, 1.82) is 0 Å². The number of carbonyl (C=O) groups is 2. The van der Waals surface area contributed by atoms with Crippen molar-refractivity contribution in [2.24, 2.45) is 0 Å². The van der Waals surface area contributed by atoms with E-state index in [0.29, 0.717) is 24.4 Å². The lowest BCUT2D eigenvalue weighted by atomic mass is 10.1. The van der Waals surface area contributed by atoms with E-state index in [0.717, 1.165) is 12.1 Å². The van der Waals surface area contributed by atoms with Crippen molar-refractivity contribution in [2.45, 2.75) is 24.3 Å². The number of nitrogens with zero attached hydrogens (tertiary/aromatic N) is 3. The highest BCUT2D eigenvalue weighted by Crippen LogP contribution is 2.33. The van der Waals surface area contributed by atoms with Gasteiger partial charge in [0.25, 0.3) is 5.91 Å². The Morgan fingerprint density at radius 3 is 2.44 bits per heavy atom. The molecule has 2 aromatic carbocycles. The Morgan fingerprint density at radius 1 is 1.00 bits per heavy atom. The molecule has 2 aliphatic heterocycles. The Kier molecular flexibility index (Phi) is 6.16. The van der Waals surface area contributed by atoms with Crippen LogP contribution >= 0.6 is 0 Å². The first-order valence-corrected chi connectivity index (χ1v) is 11.8. The van der Waals surface area contributed by atoms with E-state index in [4.69, 9.17) is 4.74 Å². The van der Waals surface area contributed by atoms with Crippen LogP contribution in [0.15, 0.2) is 53.4 Å². The third-order valence-electron chi connectivity index (χ3n) is 5.65. The maximum absolute atomic E-state index is 13.2. The van der Waals surface area contributed by atoms with Gasteiger partial charge in [-0.3, -0.25) is 9.59 Å². The van der Waals surface area contributed by atoms with Crippen molar-refractivity contribution < 1.29 is 27.1 Å². The molecule has 0 spiro atoms. The average molecular weight is 462 g/mol. The summed E-state index contributed by atoms with van der Waals surface area (Å²) in [5.41, 5.74) is 0.622. The van der Waals surface area contributed by atoms with Gasteiger partial charge in [-0.1, -0.05) is 12.1 Å². The third-order valence-corrected chi connectivity index (χ3v) is 7.56. The summed E-state index contributed by atoms with van der Waals surface area (Å²) in [6, 6.07) is 11.7. The molecule has 2 amide bonds. The Hall–Kier alpha value is -2.98. The first-order valence-electron chi connectivity index (χ1n) is 10.4. The minimum Gasteiger partial charge on any atom is -0.476 e. The molecule has 32 heavy (non-hydrogen) atoms. The molecule has 8 nitrogen and oxygen atoms in total. The van der Waals surface area contributed by atoms with Gasteiger partial charge in [0.2, 0.25) is 15.9 Å². The number of anilines is 1. The van der Waals surface area contributed by atoms with Crippen molar-refractivity contribution in [2.75, 3.05) is 37.6 Å². The van der Waals surface area contributed by atoms with Gasteiger partial charge in [-0.15, -0.1) is 0 Å². The van der Waals surface area contributed by atoms with Crippen LogP contribution in [0.4, 0.5) is 10.1 Å². The first kappa shape index (κ1) is 22.2. The fourth-order valence-corrected chi connectivity index (χ4v) is 5.44. The SMILES string of the molecule is CC(=O)N1C[C@@H](C(=O)N2CCCN(S(=O)(=O)c3ccc(F)cc3)CC2)Oc2ccccc21. The van der Waals surface area contributed by atoms with E-state index in [1.807, 2.05) is 0 Å². The van der Waals surface area contributed by atoms with Crippen molar-refractivity contribution >= 4 is 27.5 Å². The maximum Gasteiger partial charge on any atom is 0.265 e. The molecule has 0 saturated carbocycles. The Labute approximate surface area is 186 Å². The molecule has 4 rings (SSSR count). The van der Waals surface area contributed by atoms with Crippen LogP contribution in [0.3, 0.4) is 0 Å². The van der Waals surface area contributed by atoms with E-state index in [1.165, 1.54) is 28.3 Å². The summed E-state index contributed by atoms with van der Waals surface area (Å²) in [5.74, 6) is -0.523. The van der Waals surface area contributed by atoms with Gasteiger partial charge in [0.05, 0.1) is 17.1 Å². The van der Waals surface area contributed by atoms with Crippen LogP contribution in [-0.2, 0) is 19.6 Å². The fourth-order valence-electron chi connectivity index (χ4n) is 3.97. The topological polar surface area (TPSA) is 87.2 Å². The van der Waals surface area contributed by atoms with Crippen LogP contribution in [0.2, 0.25) is 0 Å². The van der Waals surface area contributed by atoms with E-state index >= 15 is 0 Å². The van der Waals surface area contributed by atoms with Crippen molar-refractivity contribution in [1.82, 2.24) is 9.21 Å². The molecule has 1 atom stereocenters. The van der Waals surface area contributed by atoms with Gasteiger partial charge in [0, 0.05) is 33.1 Å². The molecule has 170 valence electrons. The molecule has 2 aliphatic rings. The molecular formula is C22H24FN3O5S. The Bertz CT molecular complexity index is 1120. The molecule has 1 fully saturated rings. The third kappa shape index (κ3) is 4.33. The molecular weight excluding hydrogens is 437 g/mol. The minimum atomic E-state index is -3.79. The van der Waals surface area contributed by atoms with Crippen LogP contribution in [0.25, 0.3) is 0 Å². The van der Waals surface area contributed by atoms with Gasteiger partial charge in [0.15, 0.2) is 6.10 Å². The number of para-hydroxylation sites is 2. The van der Waals surface area contributed by atoms with Crippen LogP contribution in [0, 0.1) is 5.82 Å². The predicted molar refractivity (Wildman–Crippen MR) is 115 cm³/mol. The molecule has 0 N–H and O–H groups in total. The largest absolute Gasteiger partial charge is 0.476 e. The van der Waals surface area contributed by atoms with Crippen molar-refractivity contribution in [3.05, 3.63) is 54.3 Å². The lowest BCUT2D eigenvalue weighted by molar-refractivity contribution is -0.138. The average Bonchev–Trinajstić information content (AvgIpc) is 3.05.